The molecule has 4 rings (SSSR count). The molecule has 0 bridgehead atoms. The second-order valence-corrected chi connectivity index (χ2v) is 7.74. The molecule has 96 valence electrons. The van der Waals surface area contributed by atoms with Crippen molar-refractivity contribution in [2.24, 2.45) is 0 Å². The number of rotatable bonds is 4. The number of fused-ring (bicyclic) bond motifs is 2. The Bertz CT molecular complexity index is 480. The fourth-order valence-electron chi connectivity index (χ4n) is 1.51. The van der Waals surface area contributed by atoms with E-state index in [4.69, 9.17) is 0 Å². The van der Waals surface area contributed by atoms with Gasteiger partial charge in [0.05, 0.1) is 0 Å². The number of ether oxygens (including phenoxy) is 1. The summed E-state index contributed by atoms with van der Waals surface area (Å²) >= 11 is 0. The van der Waals surface area contributed by atoms with Crippen molar-refractivity contribution in [2.45, 2.75) is 23.0 Å². The van der Waals surface area contributed by atoms with Crippen LogP contribution in [0.3, 0.4) is 0 Å². The summed E-state index contributed by atoms with van der Waals surface area (Å²) in [7, 11) is -7.19. The minimum atomic E-state index is -3.59. The lowest BCUT2D eigenvalue weighted by Gasteiger charge is -2.27. The van der Waals surface area contributed by atoms with Crippen LogP contribution in [0.25, 0.3) is 0 Å². The summed E-state index contributed by atoms with van der Waals surface area (Å²) in [4.78, 5) is 0. The molecule has 13 heteroatoms. The van der Waals surface area contributed by atoms with Crippen molar-refractivity contribution in [1.29, 1.82) is 0 Å². The minimum absolute atomic E-state index is 2.32. The van der Waals surface area contributed by atoms with Gasteiger partial charge in [0.25, 0.3) is 0 Å². The molecule has 0 aliphatic carbocycles. The average Bonchev–Trinajstić information content (AvgIpc) is 2.86. The first-order valence-electron chi connectivity index (χ1n) is 4.16. The first-order chi connectivity index (χ1) is 7.54. The molecule has 4 aliphatic rings. The van der Waals surface area contributed by atoms with Crippen LogP contribution in [0.1, 0.15) is 0 Å². The van der Waals surface area contributed by atoms with E-state index in [1.165, 1.54) is 0 Å². The lowest BCUT2D eigenvalue weighted by atomic mass is 10.4. The Kier molecular flexibility index (Phi) is 1.40. The van der Waals surface area contributed by atoms with Crippen LogP contribution in [0.4, 0.5) is 0 Å². The predicted molar refractivity (Wildman–Crippen MR) is 40.4 cm³/mol. The molecule has 4 N–H and O–H groups in total. The van der Waals surface area contributed by atoms with Gasteiger partial charge in [-0.05, 0) is 0 Å². The molecule has 11 nitrogen and oxygen atoms in total. The van der Waals surface area contributed by atoms with E-state index in [0.29, 0.717) is 0 Å². The normalized spacial score (nSPS) is 58.1. The molecule has 0 unspecified atom stereocenters. The fourth-order valence-corrected chi connectivity index (χ4v) is 4.75. The molecule has 4 heterocycles. The first-order valence-corrected chi connectivity index (χ1v) is 7.25. The third-order valence-corrected chi connectivity index (χ3v) is 6.39. The monoisotopic (exact) mass is 290 g/mol. The van der Waals surface area contributed by atoms with Crippen LogP contribution < -0.4 is 0 Å². The maximum Gasteiger partial charge on any atom is 0.406 e. The van der Waals surface area contributed by atoms with E-state index in [1.807, 2.05) is 0 Å². The van der Waals surface area contributed by atoms with Crippen LogP contribution in [-0.2, 0) is 32.0 Å². The highest BCUT2D eigenvalue weighted by atomic mass is 31.2. The van der Waals surface area contributed by atoms with E-state index < -0.39 is 38.2 Å². The highest BCUT2D eigenvalue weighted by Crippen LogP contribution is 3.01. The highest BCUT2D eigenvalue weighted by molar-refractivity contribution is 7.68. The Morgan fingerprint density at radius 3 is 1.24 bits per heavy atom. The molecular formula is C4H4O11P2. The van der Waals surface area contributed by atoms with Crippen molar-refractivity contribution in [2.75, 3.05) is 0 Å². The van der Waals surface area contributed by atoms with E-state index in [9.17, 15) is 29.6 Å². The third-order valence-electron chi connectivity index (χ3n) is 2.67. The molecule has 0 aromatic heterocycles. The molecule has 0 saturated carbocycles. The standard InChI is InChI=1S/C4H4O11P2/c5-1(6,3-12-16(3,9)13-3)11-2(7,8)4-14-17(4,10)15-4/h5-8H. The van der Waals surface area contributed by atoms with E-state index in [1.54, 1.807) is 0 Å². The van der Waals surface area contributed by atoms with Gasteiger partial charge in [0, 0.05) is 0 Å². The average molecular weight is 290 g/mol. The summed E-state index contributed by atoms with van der Waals surface area (Å²) in [6.07, 6.45) is 0. The topological polar surface area (TPSA) is 174 Å². The van der Waals surface area contributed by atoms with Crippen LogP contribution >= 0.6 is 15.2 Å². The van der Waals surface area contributed by atoms with Gasteiger partial charge in [0.2, 0.25) is 0 Å². The van der Waals surface area contributed by atoms with Gasteiger partial charge >= 0.3 is 38.2 Å². The molecule has 0 amide bonds. The van der Waals surface area contributed by atoms with Crippen molar-refractivity contribution in [3.63, 3.8) is 0 Å². The predicted octanol–water partition coefficient (Wildman–Crippen LogP) is -1.91. The Balaban J connectivity index is 1.58. The maximum absolute atomic E-state index is 11.1. The smallest absolute Gasteiger partial charge is 0.338 e. The van der Waals surface area contributed by atoms with Crippen molar-refractivity contribution >= 4 is 15.2 Å². The Morgan fingerprint density at radius 2 is 1.06 bits per heavy atom. The summed E-state index contributed by atoms with van der Waals surface area (Å²) < 4.78 is 43.4. The highest BCUT2D eigenvalue weighted by Gasteiger charge is 3.05. The van der Waals surface area contributed by atoms with Crippen molar-refractivity contribution in [1.82, 2.24) is 0 Å². The van der Waals surface area contributed by atoms with Gasteiger partial charge in [-0.3, -0.25) is 32.0 Å². The molecule has 0 atom stereocenters. The summed E-state index contributed by atoms with van der Waals surface area (Å²) in [5.74, 6) is -6.83. The zero-order valence-corrected chi connectivity index (χ0v) is 9.33. The van der Waals surface area contributed by atoms with Gasteiger partial charge < -0.3 is 20.4 Å². The lowest BCUT2D eigenvalue weighted by molar-refractivity contribution is -0.514. The lowest BCUT2D eigenvalue weighted by Crippen LogP contribution is -2.55. The SMILES string of the molecule is O=P12OC1(C(O)(O)OC(O)(O)C13OP1(=O)O3)O2. The van der Waals surface area contributed by atoms with Gasteiger partial charge in [-0.15, -0.1) is 0 Å². The molecule has 0 radical (unpaired) electrons. The quantitative estimate of drug-likeness (QED) is 0.258. The van der Waals surface area contributed by atoms with Gasteiger partial charge in [-0.2, -0.15) is 0 Å². The first kappa shape index (κ1) is 11.0. The largest absolute Gasteiger partial charge is 0.406 e. The van der Waals surface area contributed by atoms with Crippen LogP contribution in [0.5, 0.6) is 0 Å². The molecule has 0 aromatic carbocycles. The van der Waals surface area contributed by atoms with Crippen LogP contribution in [0.2, 0.25) is 0 Å². The van der Waals surface area contributed by atoms with Crippen molar-refractivity contribution in [3.05, 3.63) is 0 Å². The second-order valence-electron chi connectivity index (χ2n) is 3.84. The third kappa shape index (κ3) is 0.948. The molecule has 17 heavy (non-hydrogen) atoms. The summed E-state index contributed by atoms with van der Waals surface area (Å²) in [5, 5.41) is 37.4. The maximum atomic E-state index is 11.1. The number of hydrogen-bond acceptors (Lipinski definition) is 11. The van der Waals surface area contributed by atoms with Gasteiger partial charge in [0.15, 0.2) is 0 Å². The minimum Gasteiger partial charge on any atom is -0.338 e. The zero-order valence-electron chi connectivity index (χ0n) is 7.54. The van der Waals surface area contributed by atoms with E-state index in [0.717, 1.165) is 0 Å². The summed E-state index contributed by atoms with van der Waals surface area (Å²) in [6.45, 7) is 0. The molecule has 4 fully saturated rings. The van der Waals surface area contributed by atoms with Crippen LogP contribution in [0, 0.1) is 0 Å². The Morgan fingerprint density at radius 1 is 0.824 bits per heavy atom. The van der Waals surface area contributed by atoms with Crippen molar-refractivity contribution < 1.29 is 52.4 Å². The number of aliphatic hydroxyl groups is 4. The fraction of sp³-hybridized carbons (Fsp3) is 1.00. The van der Waals surface area contributed by atoms with E-state index in [2.05, 4.69) is 22.8 Å². The van der Waals surface area contributed by atoms with Gasteiger partial charge in [0.1, 0.15) is 0 Å². The van der Waals surface area contributed by atoms with Crippen LogP contribution in [0.15, 0.2) is 0 Å². The molecule has 4 saturated heterocycles. The van der Waals surface area contributed by atoms with E-state index >= 15 is 0 Å². The second kappa shape index (κ2) is 2.17. The van der Waals surface area contributed by atoms with E-state index in [-0.39, 0.29) is 0 Å². The molecular weight excluding hydrogens is 286 g/mol. The Labute approximate surface area is 91.5 Å². The molecule has 0 aromatic rings. The molecule has 0 spiro atoms. The van der Waals surface area contributed by atoms with Crippen molar-refractivity contribution in [3.8, 4) is 0 Å². The van der Waals surface area contributed by atoms with Crippen LogP contribution in [-0.4, -0.2) is 43.4 Å². The molecule has 4 aliphatic heterocycles. The summed E-state index contributed by atoms with van der Waals surface area (Å²) in [6, 6.07) is 0. The summed E-state index contributed by atoms with van der Waals surface area (Å²) in [5.41, 5.74) is -4.64. The van der Waals surface area contributed by atoms with Gasteiger partial charge in [-0.25, -0.2) is 0 Å². The van der Waals surface area contributed by atoms with Gasteiger partial charge in [-0.1, -0.05) is 0 Å². The zero-order chi connectivity index (χ0) is 12.5. The Hall–Kier alpha value is 0.1000. The number of hydrogen-bond donors (Lipinski definition) is 4.